The Labute approximate surface area is 221 Å². The van der Waals surface area contributed by atoms with Crippen LogP contribution < -0.4 is 11.1 Å². The number of halogens is 3. The van der Waals surface area contributed by atoms with Crippen LogP contribution in [0.4, 0.5) is 24.7 Å². The number of aliphatic hydroxyl groups excluding tert-OH is 1. The smallest absolute Gasteiger partial charge is 0.399 e. The van der Waals surface area contributed by atoms with Crippen molar-refractivity contribution >= 4 is 34.1 Å². The number of carbonyl (C=O) groups is 1. The Morgan fingerprint density at radius 1 is 1.13 bits per heavy atom. The van der Waals surface area contributed by atoms with Gasteiger partial charge in [0.2, 0.25) is 0 Å². The van der Waals surface area contributed by atoms with Gasteiger partial charge in [0.1, 0.15) is 18.0 Å². The van der Waals surface area contributed by atoms with Crippen LogP contribution in [-0.2, 0) is 6.18 Å². The maximum Gasteiger partial charge on any atom is 0.416 e. The van der Waals surface area contributed by atoms with E-state index in [9.17, 15) is 23.1 Å². The lowest BCUT2D eigenvalue weighted by Gasteiger charge is -2.34. The van der Waals surface area contributed by atoms with Crippen molar-refractivity contribution in [2.24, 2.45) is 0 Å². The molecule has 0 spiro atoms. The summed E-state index contributed by atoms with van der Waals surface area (Å²) >= 11 is 0. The number of aliphatic hydroxyl groups is 1. The van der Waals surface area contributed by atoms with Crippen molar-refractivity contribution in [3.63, 3.8) is 0 Å². The summed E-state index contributed by atoms with van der Waals surface area (Å²) in [6.07, 6.45) is -3.21. The van der Waals surface area contributed by atoms with E-state index in [1.165, 1.54) is 16.9 Å². The van der Waals surface area contributed by atoms with Crippen LogP contribution in [0.25, 0.3) is 16.7 Å². The summed E-state index contributed by atoms with van der Waals surface area (Å²) in [6, 6.07) is 4.45. The van der Waals surface area contributed by atoms with Crippen molar-refractivity contribution < 1.29 is 23.1 Å². The van der Waals surface area contributed by atoms with Crippen LogP contribution in [0.5, 0.6) is 0 Å². The number of aryl methyl sites for hydroxylation is 1. The molecule has 1 aromatic carbocycles. The molecule has 1 amide bonds. The molecule has 11 nitrogen and oxygen atoms in total. The van der Waals surface area contributed by atoms with Crippen LogP contribution in [0.3, 0.4) is 0 Å². The number of β-amino-alcohol motifs (C(OH)–C–C–N with tert-alkyl or cyclic N) is 1. The molecule has 4 aromatic rings. The van der Waals surface area contributed by atoms with E-state index >= 15 is 0 Å². The first-order chi connectivity index (χ1) is 18.5. The maximum atomic E-state index is 13.6. The van der Waals surface area contributed by atoms with Crippen molar-refractivity contribution in [2.45, 2.75) is 26.1 Å². The van der Waals surface area contributed by atoms with Gasteiger partial charge in [0.05, 0.1) is 29.2 Å². The molecule has 39 heavy (non-hydrogen) atoms. The van der Waals surface area contributed by atoms with Gasteiger partial charge in [-0.15, -0.1) is 0 Å². The van der Waals surface area contributed by atoms with Crippen LogP contribution in [0, 0.1) is 6.92 Å². The Morgan fingerprint density at radius 2 is 1.87 bits per heavy atom. The van der Waals surface area contributed by atoms with E-state index in [1.807, 2.05) is 0 Å². The minimum absolute atomic E-state index is 0.00602. The number of piperazine rings is 1. The third kappa shape index (κ3) is 5.29. The highest BCUT2D eigenvalue weighted by atomic mass is 19.4. The van der Waals surface area contributed by atoms with Gasteiger partial charge in [0.15, 0.2) is 11.3 Å². The Balaban J connectivity index is 1.53. The average molecular weight is 544 g/mol. The van der Waals surface area contributed by atoms with Crippen molar-refractivity contribution in [1.29, 1.82) is 0 Å². The SMILES string of the molecule is Cc1nc(N[C@H](C)c2cc(N)cc(C(F)(F)F)c2)c2cc(C(=O)N3CCN(CCO)CC3)c3ncnn3c2n1. The Kier molecular flexibility index (Phi) is 6.99. The minimum Gasteiger partial charge on any atom is -0.399 e. The number of pyridine rings is 1. The molecule has 3 aromatic heterocycles. The topological polar surface area (TPSA) is 138 Å². The van der Waals surface area contributed by atoms with Gasteiger partial charge in [-0.3, -0.25) is 9.69 Å². The fourth-order valence-corrected chi connectivity index (χ4v) is 4.78. The summed E-state index contributed by atoms with van der Waals surface area (Å²) in [6.45, 7) is 6.23. The molecule has 0 saturated carbocycles. The zero-order valence-corrected chi connectivity index (χ0v) is 21.4. The van der Waals surface area contributed by atoms with E-state index in [0.717, 1.165) is 12.1 Å². The molecule has 0 unspecified atom stereocenters. The molecule has 206 valence electrons. The lowest BCUT2D eigenvalue weighted by molar-refractivity contribution is -0.137. The quantitative estimate of drug-likeness (QED) is 0.313. The molecule has 0 bridgehead atoms. The monoisotopic (exact) mass is 543 g/mol. The van der Waals surface area contributed by atoms with Gasteiger partial charge < -0.3 is 21.1 Å². The van der Waals surface area contributed by atoms with E-state index in [2.05, 4.69) is 30.3 Å². The van der Waals surface area contributed by atoms with Crippen molar-refractivity contribution in [3.8, 4) is 0 Å². The van der Waals surface area contributed by atoms with Gasteiger partial charge in [-0.1, -0.05) is 0 Å². The predicted octanol–water partition coefficient (Wildman–Crippen LogP) is 2.51. The Bertz CT molecular complexity index is 1530. The second-order valence-electron chi connectivity index (χ2n) is 9.52. The fraction of sp³-hybridized carbons (Fsp3) is 0.400. The number of anilines is 2. The number of aromatic nitrogens is 5. The van der Waals surface area contributed by atoms with Crippen molar-refractivity contribution in [3.05, 3.63) is 53.1 Å². The number of carbonyl (C=O) groups excluding carboxylic acids is 1. The number of rotatable bonds is 6. The molecule has 14 heteroatoms. The number of benzene rings is 1. The number of nitrogen functional groups attached to an aromatic ring is 1. The zero-order chi connectivity index (χ0) is 27.9. The molecule has 1 atom stereocenters. The number of nitrogens with one attached hydrogen (secondary N) is 1. The summed E-state index contributed by atoms with van der Waals surface area (Å²) < 4.78 is 41.6. The Morgan fingerprint density at radius 3 is 2.56 bits per heavy atom. The first-order valence-corrected chi connectivity index (χ1v) is 12.4. The summed E-state index contributed by atoms with van der Waals surface area (Å²) in [7, 11) is 0. The molecule has 4 N–H and O–H groups in total. The molecule has 1 aliphatic heterocycles. The van der Waals surface area contributed by atoms with Crippen LogP contribution in [-0.4, -0.2) is 84.7 Å². The van der Waals surface area contributed by atoms with Crippen LogP contribution >= 0.6 is 0 Å². The Hall–Kier alpha value is -4.04. The molecule has 1 saturated heterocycles. The molecule has 1 fully saturated rings. The predicted molar refractivity (Wildman–Crippen MR) is 138 cm³/mol. The summed E-state index contributed by atoms with van der Waals surface area (Å²) in [5.41, 5.74) is 6.30. The molecular formula is C25H28F3N9O2. The highest BCUT2D eigenvalue weighted by molar-refractivity contribution is 6.04. The lowest BCUT2D eigenvalue weighted by atomic mass is 10.0. The second-order valence-corrected chi connectivity index (χ2v) is 9.52. The average Bonchev–Trinajstić information content (AvgIpc) is 3.38. The molecule has 0 aliphatic carbocycles. The lowest BCUT2D eigenvalue weighted by Crippen LogP contribution is -2.49. The zero-order valence-electron chi connectivity index (χ0n) is 21.4. The number of fused-ring (bicyclic) bond motifs is 3. The summed E-state index contributed by atoms with van der Waals surface area (Å²) in [5.74, 6) is 0.501. The van der Waals surface area contributed by atoms with Crippen LogP contribution in [0.2, 0.25) is 0 Å². The van der Waals surface area contributed by atoms with E-state index in [0.29, 0.717) is 72.2 Å². The minimum atomic E-state index is -4.54. The normalized spacial score (nSPS) is 15.7. The summed E-state index contributed by atoms with van der Waals surface area (Å²) in [5, 5.41) is 17.1. The van der Waals surface area contributed by atoms with Crippen LogP contribution in [0.1, 0.15) is 40.3 Å². The highest BCUT2D eigenvalue weighted by Gasteiger charge is 2.32. The fourth-order valence-electron chi connectivity index (χ4n) is 4.78. The molecule has 5 rings (SSSR count). The first kappa shape index (κ1) is 26.6. The van der Waals surface area contributed by atoms with Gasteiger partial charge >= 0.3 is 6.18 Å². The van der Waals surface area contributed by atoms with E-state index in [1.54, 1.807) is 24.8 Å². The first-order valence-electron chi connectivity index (χ1n) is 12.4. The number of nitrogens with zero attached hydrogens (tertiary/aromatic N) is 7. The largest absolute Gasteiger partial charge is 0.416 e. The molecule has 0 radical (unpaired) electrons. The standard InChI is InChI=1S/C25H28F3N9O2/c1-14(16-9-17(25(26,27)28)11-18(29)10-16)32-21-19-12-20(24(39)36-5-3-35(4-6-36)7-8-38)22-30-13-31-37(22)23(19)34-15(2)33-21/h9-14,38H,3-8,29H2,1-2H3,(H,32,33,34)/t14-/m1/s1. The van der Waals surface area contributed by atoms with E-state index in [4.69, 9.17) is 5.73 Å². The third-order valence-electron chi connectivity index (χ3n) is 6.78. The summed E-state index contributed by atoms with van der Waals surface area (Å²) in [4.78, 5) is 30.7. The maximum absolute atomic E-state index is 13.6. The number of alkyl halides is 3. The number of hydrogen-bond donors (Lipinski definition) is 3. The van der Waals surface area contributed by atoms with Crippen molar-refractivity contribution in [1.82, 2.24) is 34.4 Å². The number of hydrogen-bond acceptors (Lipinski definition) is 9. The van der Waals surface area contributed by atoms with Gasteiger partial charge in [-0.05, 0) is 43.7 Å². The van der Waals surface area contributed by atoms with Gasteiger partial charge in [0.25, 0.3) is 5.91 Å². The molecule has 1 aliphatic rings. The molecule has 4 heterocycles. The molecular weight excluding hydrogens is 515 g/mol. The van der Waals surface area contributed by atoms with Gasteiger partial charge in [-0.25, -0.2) is 15.0 Å². The second kappa shape index (κ2) is 10.3. The van der Waals surface area contributed by atoms with E-state index < -0.39 is 17.8 Å². The number of amides is 1. The van der Waals surface area contributed by atoms with Gasteiger partial charge in [0, 0.05) is 38.4 Å². The number of nitrogens with two attached hydrogens (primary N) is 1. The third-order valence-corrected chi connectivity index (χ3v) is 6.78. The van der Waals surface area contributed by atoms with E-state index in [-0.39, 0.29) is 18.2 Å². The van der Waals surface area contributed by atoms with Crippen molar-refractivity contribution in [2.75, 3.05) is 50.4 Å². The van der Waals surface area contributed by atoms with Gasteiger partial charge in [-0.2, -0.15) is 22.8 Å². The van der Waals surface area contributed by atoms with Crippen LogP contribution in [0.15, 0.2) is 30.6 Å². The highest BCUT2D eigenvalue weighted by Crippen LogP contribution is 2.34.